The summed E-state index contributed by atoms with van der Waals surface area (Å²) in [5.74, 6) is 0. The molecule has 0 aromatic carbocycles. The standard InChI is InChI=1S/C6H8S4/c1-3-4(2)10-6(9-3)5(7)8/h7-8H,1-2H3/p-2. The van der Waals surface area contributed by atoms with Gasteiger partial charge in [-0.25, -0.2) is 0 Å². The van der Waals surface area contributed by atoms with Crippen molar-refractivity contribution in [2.75, 3.05) is 0 Å². The minimum atomic E-state index is 0.603. The van der Waals surface area contributed by atoms with E-state index in [0.717, 1.165) is 4.24 Å². The van der Waals surface area contributed by atoms with Crippen LogP contribution < -0.4 is 0 Å². The summed E-state index contributed by atoms with van der Waals surface area (Å²) in [6.07, 6.45) is 0. The molecule has 0 amide bonds. The van der Waals surface area contributed by atoms with E-state index in [-0.39, 0.29) is 0 Å². The van der Waals surface area contributed by atoms with E-state index < -0.39 is 0 Å². The van der Waals surface area contributed by atoms with Crippen LogP contribution in [0.2, 0.25) is 0 Å². The van der Waals surface area contributed by atoms with Crippen molar-refractivity contribution in [3.63, 3.8) is 0 Å². The van der Waals surface area contributed by atoms with Crippen molar-refractivity contribution in [3.8, 4) is 0 Å². The lowest BCUT2D eigenvalue weighted by Gasteiger charge is -2.21. The highest BCUT2D eigenvalue weighted by Crippen LogP contribution is 2.49. The molecule has 0 saturated carbocycles. The van der Waals surface area contributed by atoms with Crippen LogP contribution in [0, 0.1) is 0 Å². The molecule has 1 heterocycles. The van der Waals surface area contributed by atoms with Crippen LogP contribution in [0.15, 0.2) is 18.3 Å². The first-order valence-corrected chi connectivity index (χ1v) is 5.17. The quantitative estimate of drug-likeness (QED) is 0.559. The Bertz CT molecular complexity index is 194. The normalized spacial score (nSPS) is 18.4. The third-order valence-electron chi connectivity index (χ3n) is 1.15. The number of hydrogen-bond acceptors (Lipinski definition) is 4. The molecule has 0 bridgehead atoms. The number of rotatable bonds is 0. The first-order chi connectivity index (χ1) is 4.61. The van der Waals surface area contributed by atoms with Crippen LogP contribution in [0.5, 0.6) is 0 Å². The van der Waals surface area contributed by atoms with Crippen LogP contribution in [0.1, 0.15) is 13.8 Å². The highest BCUT2D eigenvalue weighted by molar-refractivity contribution is 8.29. The Hall–Kier alpha value is 0.620. The molecule has 0 fully saturated rings. The summed E-state index contributed by atoms with van der Waals surface area (Å²) in [6, 6.07) is 0. The number of allylic oxidation sites excluding steroid dienone is 2. The van der Waals surface area contributed by atoms with Crippen LogP contribution in [0.4, 0.5) is 0 Å². The fourth-order valence-electron chi connectivity index (χ4n) is 0.526. The maximum Gasteiger partial charge on any atom is 0.00443 e. The monoisotopic (exact) mass is 206 g/mol. The fraction of sp³-hybridized carbons (Fsp3) is 0.333. The molecule has 0 aromatic heterocycles. The predicted molar refractivity (Wildman–Crippen MR) is 55.3 cm³/mol. The van der Waals surface area contributed by atoms with E-state index >= 15 is 0 Å². The minimum absolute atomic E-state index is 0.603. The van der Waals surface area contributed by atoms with Crippen LogP contribution in [-0.2, 0) is 25.3 Å². The molecule has 0 unspecified atom stereocenters. The van der Waals surface area contributed by atoms with E-state index in [0.29, 0.717) is 4.24 Å². The lowest BCUT2D eigenvalue weighted by molar-refractivity contribution is 1.57. The summed E-state index contributed by atoms with van der Waals surface area (Å²) in [4.78, 5) is 2.65. The second-order valence-corrected chi connectivity index (χ2v) is 5.67. The molecule has 0 spiro atoms. The first-order valence-electron chi connectivity index (χ1n) is 2.72. The zero-order valence-electron chi connectivity index (χ0n) is 5.63. The van der Waals surface area contributed by atoms with Gasteiger partial charge >= 0.3 is 0 Å². The smallest absolute Gasteiger partial charge is 0.00443 e. The van der Waals surface area contributed by atoms with E-state index in [4.69, 9.17) is 25.3 Å². The van der Waals surface area contributed by atoms with Gasteiger partial charge in [-0.3, -0.25) is 0 Å². The van der Waals surface area contributed by atoms with Crippen molar-refractivity contribution in [1.82, 2.24) is 0 Å². The molecule has 10 heavy (non-hydrogen) atoms. The molecule has 56 valence electrons. The van der Waals surface area contributed by atoms with Crippen molar-refractivity contribution >= 4 is 48.8 Å². The van der Waals surface area contributed by atoms with Gasteiger partial charge in [0.1, 0.15) is 0 Å². The third kappa shape index (κ3) is 1.81. The Labute approximate surface area is 80.7 Å². The van der Waals surface area contributed by atoms with Crippen LogP contribution >= 0.6 is 23.5 Å². The zero-order chi connectivity index (χ0) is 7.72. The molecule has 1 aliphatic rings. The van der Waals surface area contributed by atoms with Crippen molar-refractivity contribution in [1.29, 1.82) is 0 Å². The summed E-state index contributed by atoms with van der Waals surface area (Å²) in [5, 5.41) is 0. The van der Waals surface area contributed by atoms with Crippen LogP contribution in [0.25, 0.3) is 0 Å². The molecule has 0 aromatic rings. The first kappa shape index (κ1) is 8.71. The van der Waals surface area contributed by atoms with Crippen molar-refractivity contribution in [2.45, 2.75) is 13.8 Å². The Morgan fingerprint density at radius 1 is 1.10 bits per heavy atom. The molecule has 0 radical (unpaired) electrons. The average Bonchev–Trinajstić information content (AvgIpc) is 2.13. The van der Waals surface area contributed by atoms with E-state index in [9.17, 15) is 0 Å². The Balaban J connectivity index is 2.78. The molecule has 0 nitrogen and oxygen atoms in total. The topological polar surface area (TPSA) is 0 Å². The van der Waals surface area contributed by atoms with Gasteiger partial charge in [0.05, 0.1) is 0 Å². The van der Waals surface area contributed by atoms with E-state index in [2.05, 4.69) is 13.8 Å². The summed E-state index contributed by atoms with van der Waals surface area (Å²) in [7, 11) is 0. The van der Waals surface area contributed by atoms with Crippen LogP contribution in [-0.4, -0.2) is 0 Å². The minimum Gasteiger partial charge on any atom is -0.806 e. The second-order valence-electron chi connectivity index (χ2n) is 1.89. The third-order valence-corrected chi connectivity index (χ3v) is 4.71. The molecule has 0 atom stereocenters. The lowest BCUT2D eigenvalue weighted by Crippen LogP contribution is -1.69. The van der Waals surface area contributed by atoms with E-state index in [1.54, 1.807) is 23.5 Å². The Kier molecular flexibility index (Phi) is 2.91. The second kappa shape index (κ2) is 3.34. The highest BCUT2D eigenvalue weighted by Gasteiger charge is 2.10. The maximum atomic E-state index is 4.87. The molecule has 0 saturated heterocycles. The van der Waals surface area contributed by atoms with Crippen molar-refractivity contribution in [2.24, 2.45) is 0 Å². The van der Waals surface area contributed by atoms with E-state index in [1.165, 1.54) is 9.81 Å². The molecule has 4 heteroatoms. The van der Waals surface area contributed by atoms with E-state index in [1.807, 2.05) is 0 Å². The molecule has 0 N–H and O–H groups in total. The van der Waals surface area contributed by atoms with Gasteiger partial charge in [0.25, 0.3) is 0 Å². The average molecular weight is 206 g/mol. The SMILES string of the molecule is CC1=C(C)SC(=C([S-])[S-])S1. The Morgan fingerprint density at radius 2 is 1.50 bits per heavy atom. The van der Waals surface area contributed by atoms with Gasteiger partial charge < -0.3 is 29.5 Å². The van der Waals surface area contributed by atoms with Crippen LogP contribution in [0.3, 0.4) is 0 Å². The van der Waals surface area contributed by atoms with Gasteiger partial charge in [0.15, 0.2) is 0 Å². The van der Waals surface area contributed by atoms with Gasteiger partial charge in [-0.2, -0.15) is 0 Å². The molecule has 1 rings (SSSR count). The molecular weight excluding hydrogens is 200 g/mol. The number of thioether (sulfide) groups is 2. The van der Waals surface area contributed by atoms with Gasteiger partial charge in [-0.05, 0) is 23.7 Å². The van der Waals surface area contributed by atoms with Gasteiger partial charge in [0, 0.05) is 4.24 Å². The van der Waals surface area contributed by atoms with Gasteiger partial charge in [0.2, 0.25) is 0 Å². The molecular formula is C6H6S4-2. The van der Waals surface area contributed by atoms with Gasteiger partial charge in [-0.15, -0.1) is 0 Å². The summed E-state index contributed by atoms with van der Waals surface area (Å²) in [6.45, 7) is 4.18. The zero-order valence-corrected chi connectivity index (χ0v) is 8.90. The maximum absolute atomic E-state index is 4.87. The van der Waals surface area contributed by atoms with Gasteiger partial charge in [-0.1, -0.05) is 23.5 Å². The molecule has 0 aliphatic carbocycles. The van der Waals surface area contributed by atoms with Crippen molar-refractivity contribution < 1.29 is 0 Å². The lowest BCUT2D eigenvalue weighted by atomic mass is 10.6. The largest absolute Gasteiger partial charge is 0.806 e. The summed E-state index contributed by atoms with van der Waals surface area (Å²) < 4.78 is 1.70. The predicted octanol–water partition coefficient (Wildman–Crippen LogP) is 2.94. The summed E-state index contributed by atoms with van der Waals surface area (Å²) in [5.41, 5.74) is 0. The molecule has 1 aliphatic heterocycles. The van der Waals surface area contributed by atoms with Crippen molar-refractivity contribution in [3.05, 3.63) is 18.3 Å². The fourth-order valence-corrected chi connectivity index (χ4v) is 3.20. The summed E-state index contributed by atoms with van der Waals surface area (Å²) >= 11 is 13.1. The highest BCUT2D eigenvalue weighted by atomic mass is 32.2. The Morgan fingerprint density at radius 3 is 1.70 bits per heavy atom. The number of hydrogen-bond donors (Lipinski definition) is 0.